The van der Waals surface area contributed by atoms with Crippen molar-refractivity contribution in [2.24, 2.45) is 0 Å². The molecule has 2 aromatic heterocycles. The molecule has 0 bridgehead atoms. The highest BCUT2D eigenvalue weighted by Gasteiger charge is 2.17. The zero-order valence-corrected chi connectivity index (χ0v) is 12.6. The fourth-order valence-corrected chi connectivity index (χ4v) is 2.77. The number of aromatic nitrogens is 2. The average molecular weight is 333 g/mol. The van der Waals surface area contributed by atoms with Gasteiger partial charge in [-0.05, 0) is 35.0 Å². The van der Waals surface area contributed by atoms with Gasteiger partial charge in [0.15, 0.2) is 10.5 Å². The molecule has 102 valence electrons. The van der Waals surface area contributed by atoms with Crippen molar-refractivity contribution in [2.75, 3.05) is 0 Å². The molecule has 0 aliphatic rings. The fraction of sp³-hybridized carbons (Fsp3) is 0.200. The summed E-state index contributed by atoms with van der Waals surface area (Å²) in [5.41, 5.74) is 2.42. The third kappa shape index (κ3) is 2.18. The van der Waals surface area contributed by atoms with Crippen molar-refractivity contribution in [1.29, 1.82) is 0 Å². The number of benzene rings is 1. The van der Waals surface area contributed by atoms with Crippen LogP contribution < -0.4 is 0 Å². The monoisotopic (exact) mass is 332 g/mol. The van der Waals surface area contributed by atoms with E-state index < -0.39 is 0 Å². The van der Waals surface area contributed by atoms with E-state index in [1.807, 2.05) is 35.9 Å². The van der Waals surface area contributed by atoms with Crippen LogP contribution in [0, 0.1) is 0 Å². The lowest BCUT2D eigenvalue weighted by Gasteiger charge is -1.96. The van der Waals surface area contributed by atoms with Crippen LogP contribution in [0.3, 0.4) is 0 Å². The number of ketones is 1. The van der Waals surface area contributed by atoms with E-state index in [9.17, 15) is 4.79 Å². The van der Waals surface area contributed by atoms with E-state index in [0.717, 1.165) is 23.1 Å². The molecule has 0 saturated carbocycles. The molecule has 2 heterocycles. The van der Waals surface area contributed by atoms with Gasteiger partial charge in [-0.3, -0.25) is 9.48 Å². The predicted octanol–water partition coefficient (Wildman–Crippen LogP) is 3.84. The minimum Gasteiger partial charge on any atom is -0.457 e. The zero-order valence-electron chi connectivity index (χ0n) is 11.0. The van der Waals surface area contributed by atoms with Crippen LogP contribution in [0.2, 0.25) is 0 Å². The quantitative estimate of drug-likeness (QED) is 0.682. The van der Waals surface area contributed by atoms with Crippen LogP contribution in [-0.2, 0) is 13.0 Å². The first-order valence-corrected chi connectivity index (χ1v) is 7.20. The second-order valence-electron chi connectivity index (χ2n) is 4.49. The number of Topliss-reactive ketones (excluding diaryl/α,β-unsaturated/α-hetero) is 1. The summed E-state index contributed by atoms with van der Waals surface area (Å²) in [7, 11) is 0. The molecule has 0 amide bonds. The van der Waals surface area contributed by atoms with E-state index in [1.165, 1.54) is 6.26 Å². The highest BCUT2D eigenvalue weighted by atomic mass is 79.9. The van der Waals surface area contributed by atoms with Gasteiger partial charge in [0, 0.05) is 11.9 Å². The summed E-state index contributed by atoms with van der Waals surface area (Å²) in [5.74, 6) is -0.00266. The molecule has 20 heavy (non-hydrogen) atoms. The first-order valence-electron chi connectivity index (χ1n) is 6.41. The van der Waals surface area contributed by atoms with E-state index in [-0.39, 0.29) is 12.2 Å². The van der Waals surface area contributed by atoms with Gasteiger partial charge in [0.2, 0.25) is 0 Å². The summed E-state index contributed by atoms with van der Waals surface area (Å²) < 4.78 is 7.50. The Bertz CT molecular complexity index is 773. The lowest BCUT2D eigenvalue weighted by Crippen LogP contribution is -2.05. The van der Waals surface area contributed by atoms with Crippen LogP contribution >= 0.6 is 15.9 Å². The van der Waals surface area contributed by atoms with E-state index >= 15 is 0 Å². The van der Waals surface area contributed by atoms with Gasteiger partial charge in [0.1, 0.15) is 0 Å². The number of rotatable bonds is 4. The van der Waals surface area contributed by atoms with Crippen molar-refractivity contribution < 1.29 is 9.21 Å². The lowest BCUT2D eigenvalue weighted by atomic mass is 10.1. The molecule has 1 aromatic carbocycles. The molecular weight excluding hydrogens is 320 g/mol. The van der Waals surface area contributed by atoms with Gasteiger partial charge in [-0.15, -0.1) is 0 Å². The fourth-order valence-electron chi connectivity index (χ4n) is 2.31. The Kier molecular flexibility index (Phi) is 3.44. The maximum Gasteiger partial charge on any atom is 0.179 e. The largest absolute Gasteiger partial charge is 0.457 e. The summed E-state index contributed by atoms with van der Waals surface area (Å²) in [5, 5.41) is 5.57. The van der Waals surface area contributed by atoms with Gasteiger partial charge in [-0.1, -0.05) is 18.2 Å². The van der Waals surface area contributed by atoms with Gasteiger partial charge in [0.05, 0.1) is 29.5 Å². The molecule has 3 aromatic rings. The highest BCUT2D eigenvalue weighted by Crippen LogP contribution is 2.23. The molecule has 0 radical (unpaired) electrons. The summed E-state index contributed by atoms with van der Waals surface area (Å²) in [6.45, 7) is 2.82. The number of halogens is 1. The summed E-state index contributed by atoms with van der Waals surface area (Å²) in [4.78, 5) is 12.3. The molecule has 0 aliphatic heterocycles. The van der Waals surface area contributed by atoms with Crippen LogP contribution in [-0.4, -0.2) is 15.6 Å². The first-order chi connectivity index (χ1) is 9.70. The van der Waals surface area contributed by atoms with Gasteiger partial charge in [-0.25, -0.2) is 0 Å². The average Bonchev–Trinajstić information content (AvgIpc) is 3.03. The number of nitrogens with zero attached hydrogens (tertiary/aromatic N) is 2. The smallest absolute Gasteiger partial charge is 0.179 e. The molecular formula is C15H13BrN2O2. The molecule has 3 rings (SSSR count). The Balaban J connectivity index is 1.99. The Hall–Kier alpha value is -1.88. The minimum atomic E-state index is -0.00266. The molecule has 5 heteroatoms. The maximum absolute atomic E-state index is 12.3. The van der Waals surface area contributed by atoms with E-state index in [2.05, 4.69) is 21.0 Å². The summed E-state index contributed by atoms with van der Waals surface area (Å²) in [6, 6.07) is 9.64. The number of carbonyl (C=O) groups excluding carboxylic acids is 1. The number of hydrogen-bond donors (Lipinski definition) is 0. The Morgan fingerprint density at radius 3 is 2.85 bits per heavy atom. The number of carbonyl (C=O) groups is 1. The van der Waals surface area contributed by atoms with E-state index in [1.54, 1.807) is 6.07 Å². The highest BCUT2D eigenvalue weighted by molar-refractivity contribution is 9.10. The Labute approximate surface area is 124 Å². The molecule has 0 spiro atoms. The topological polar surface area (TPSA) is 48.0 Å². The number of fused-ring (bicyclic) bond motifs is 1. The van der Waals surface area contributed by atoms with Crippen molar-refractivity contribution in [1.82, 2.24) is 9.78 Å². The van der Waals surface area contributed by atoms with Crippen molar-refractivity contribution in [3.8, 4) is 0 Å². The second kappa shape index (κ2) is 5.25. The maximum atomic E-state index is 12.3. The predicted molar refractivity (Wildman–Crippen MR) is 79.8 cm³/mol. The number of hydrogen-bond acceptors (Lipinski definition) is 3. The molecule has 0 fully saturated rings. The number of aryl methyl sites for hydroxylation is 1. The lowest BCUT2D eigenvalue weighted by molar-refractivity contribution is 0.0990. The summed E-state index contributed by atoms with van der Waals surface area (Å²) in [6.07, 6.45) is 1.77. The standard InChI is InChI=1S/C15H13BrN2O2/c1-2-18-13-6-4-3-5-10(13)12(17-18)9-14(19)11-7-8-20-15(11)16/h3-8H,2,9H2,1H3. The van der Waals surface area contributed by atoms with Crippen LogP contribution in [0.4, 0.5) is 0 Å². The normalized spacial score (nSPS) is 11.1. The van der Waals surface area contributed by atoms with Crippen LogP contribution in [0.5, 0.6) is 0 Å². The van der Waals surface area contributed by atoms with Crippen molar-refractivity contribution >= 4 is 32.6 Å². The number of furan rings is 1. The number of para-hydroxylation sites is 1. The molecule has 0 atom stereocenters. The SMILES string of the molecule is CCn1nc(CC(=O)c2ccoc2Br)c2ccccc21. The van der Waals surface area contributed by atoms with Gasteiger partial charge < -0.3 is 4.42 Å². The first kappa shape index (κ1) is 13.1. The minimum absolute atomic E-state index is 0.00266. The van der Waals surface area contributed by atoms with E-state index in [4.69, 9.17) is 4.42 Å². The van der Waals surface area contributed by atoms with Gasteiger partial charge in [-0.2, -0.15) is 5.10 Å². The third-order valence-corrected chi connectivity index (χ3v) is 3.89. The zero-order chi connectivity index (χ0) is 14.1. The van der Waals surface area contributed by atoms with E-state index in [0.29, 0.717) is 10.2 Å². The van der Waals surface area contributed by atoms with Crippen molar-refractivity contribution in [2.45, 2.75) is 19.9 Å². The van der Waals surface area contributed by atoms with Crippen LogP contribution in [0.25, 0.3) is 10.9 Å². The van der Waals surface area contributed by atoms with Crippen LogP contribution in [0.1, 0.15) is 23.0 Å². The Morgan fingerprint density at radius 2 is 2.15 bits per heavy atom. The Morgan fingerprint density at radius 1 is 1.35 bits per heavy atom. The summed E-state index contributed by atoms with van der Waals surface area (Å²) >= 11 is 3.24. The van der Waals surface area contributed by atoms with Crippen molar-refractivity contribution in [3.05, 3.63) is 52.5 Å². The second-order valence-corrected chi connectivity index (χ2v) is 5.21. The molecule has 0 N–H and O–H groups in total. The molecule has 0 saturated heterocycles. The third-order valence-electron chi connectivity index (χ3n) is 3.28. The van der Waals surface area contributed by atoms with Gasteiger partial charge >= 0.3 is 0 Å². The molecule has 0 unspecified atom stereocenters. The molecule has 0 aliphatic carbocycles. The molecule has 4 nitrogen and oxygen atoms in total. The van der Waals surface area contributed by atoms with Crippen LogP contribution in [0.15, 0.2) is 45.7 Å². The van der Waals surface area contributed by atoms with Crippen molar-refractivity contribution in [3.63, 3.8) is 0 Å². The van der Waals surface area contributed by atoms with Gasteiger partial charge in [0.25, 0.3) is 0 Å².